The predicted octanol–water partition coefficient (Wildman–Crippen LogP) is 2.82. The van der Waals surface area contributed by atoms with Crippen molar-refractivity contribution in [2.75, 3.05) is 12.4 Å². The lowest BCUT2D eigenvalue weighted by molar-refractivity contribution is 0.291. The number of benzene rings is 1. The van der Waals surface area contributed by atoms with Gasteiger partial charge in [-0.25, -0.2) is 12.8 Å². The fourth-order valence-electron chi connectivity index (χ4n) is 1.42. The van der Waals surface area contributed by atoms with Crippen molar-refractivity contribution < 1.29 is 17.5 Å². The van der Waals surface area contributed by atoms with Gasteiger partial charge >= 0.3 is 0 Å². The number of hydrogen-bond acceptors (Lipinski definition) is 4. The van der Waals surface area contributed by atoms with Crippen LogP contribution in [0.2, 0.25) is 0 Å². The van der Waals surface area contributed by atoms with Crippen LogP contribution in [0.4, 0.5) is 4.39 Å². The van der Waals surface area contributed by atoms with Crippen LogP contribution in [-0.2, 0) is 9.05 Å². The molecule has 1 aromatic carbocycles. The van der Waals surface area contributed by atoms with Gasteiger partial charge in [0.15, 0.2) is 11.6 Å². The first-order valence-corrected chi connectivity index (χ1v) is 8.15. The summed E-state index contributed by atoms with van der Waals surface area (Å²) in [5, 5.41) is 8.57. The van der Waals surface area contributed by atoms with Crippen LogP contribution in [0.3, 0.4) is 0 Å². The van der Waals surface area contributed by atoms with E-state index in [0.29, 0.717) is 19.3 Å². The molecule has 1 rings (SSSR count). The summed E-state index contributed by atoms with van der Waals surface area (Å²) in [5.41, 5.74) is 0.233. The van der Waals surface area contributed by atoms with E-state index in [9.17, 15) is 12.8 Å². The molecule has 0 aromatic heterocycles. The quantitative estimate of drug-likeness (QED) is 0.574. The lowest BCUT2D eigenvalue weighted by atomic mass is 10.2. The monoisotopic (exact) mass is 305 g/mol. The van der Waals surface area contributed by atoms with E-state index >= 15 is 0 Å². The van der Waals surface area contributed by atoms with Gasteiger partial charge in [0.05, 0.1) is 24.0 Å². The second-order valence-electron chi connectivity index (χ2n) is 3.91. The second kappa shape index (κ2) is 7.31. The summed E-state index contributed by atoms with van der Waals surface area (Å²) in [6.07, 6.45) is 1.68. The Balaban J connectivity index is 2.29. The van der Waals surface area contributed by atoms with Crippen molar-refractivity contribution in [2.24, 2.45) is 0 Å². The van der Waals surface area contributed by atoms with Crippen LogP contribution < -0.4 is 4.74 Å². The minimum atomic E-state index is -3.44. The maximum atomic E-state index is 13.4. The molecule has 0 atom stereocenters. The zero-order valence-corrected chi connectivity index (χ0v) is 11.7. The number of ether oxygens (including phenoxy) is 1. The molecule has 19 heavy (non-hydrogen) atoms. The molecule has 104 valence electrons. The van der Waals surface area contributed by atoms with Gasteiger partial charge in [0.25, 0.3) is 0 Å². The van der Waals surface area contributed by atoms with Crippen molar-refractivity contribution in [3.05, 3.63) is 29.6 Å². The summed E-state index contributed by atoms with van der Waals surface area (Å²) < 4.78 is 39.9. The van der Waals surface area contributed by atoms with Crippen molar-refractivity contribution >= 4 is 19.7 Å². The Morgan fingerprint density at radius 2 is 2.05 bits per heavy atom. The Labute approximate surface area is 116 Å². The fraction of sp³-hybridized carbons (Fsp3) is 0.417. The first-order valence-electron chi connectivity index (χ1n) is 5.67. The Bertz CT molecular complexity index is 569. The van der Waals surface area contributed by atoms with Gasteiger partial charge in [-0.2, -0.15) is 5.26 Å². The molecule has 0 saturated carbocycles. The Morgan fingerprint density at radius 3 is 2.63 bits per heavy atom. The number of hydrogen-bond donors (Lipinski definition) is 0. The lowest BCUT2D eigenvalue weighted by Crippen LogP contribution is -2.02. The van der Waals surface area contributed by atoms with E-state index in [4.69, 9.17) is 20.7 Å². The molecule has 1 aromatic rings. The van der Waals surface area contributed by atoms with Crippen LogP contribution in [0.25, 0.3) is 0 Å². The topological polar surface area (TPSA) is 67.2 Å². The van der Waals surface area contributed by atoms with E-state index in [1.54, 1.807) is 0 Å². The number of unbranched alkanes of at least 4 members (excludes halogenated alkanes) is 2. The fourth-order valence-corrected chi connectivity index (χ4v) is 2.30. The molecular formula is C12H13ClFNO3S. The Morgan fingerprint density at radius 1 is 1.32 bits per heavy atom. The second-order valence-corrected chi connectivity index (χ2v) is 6.81. The van der Waals surface area contributed by atoms with E-state index in [1.165, 1.54) is 12.1 Å². The van der Waals surface area contributed by atoms with E-state index in [0.717, 1.165) is 6.07 Å². The smallest absolute Gasteiger partial charge is 0.232 e. The largest absolute Gasteiger partial charge is 0.491 e. The molecule has 0 aliphatic carbocycles. The predicted molar refractivity (Wildman–Crippen MR) is 70.1 cm³/mol. The van der Waals surface area contributed by atoms with Gasteiger partial charge in [-0.1, -0.05) is 0 Å². The number of nitriles is 1. The third-order valence-electron chi connectivity index (χ3n) is 2.35. The van der Waals surface area contributed by atoms with Gasteiger partial charge in [-0.05, 0) is 37.5 Å². The van der Waals surface area contributed by atoms with Crippen LogP contribution in [0.15, 0.2) is 18.2 Å². The summed E-state index contributed by atoms with van der Waals surface area (Å²) in [6.45, 7) is 0.283. The summed E-state index contributed by atoms with van der Waals surface area (Å²) in [6, 6.07) is 5.81. The zero-order valence-electron chi connectivity index (χ0n) is 10.1. The van der Waals surface area contributed by atoms with Gasteiger partial charge in [0.1, 0.15) is 0 Å². The first kappa shape index (κ1) is 15.7. The third-order valence-corrected chi connectivity index (χ3v) is 3.59. The molecule has 0 heterocycles. The van der Waals surface area contributed by atoms with Gasteiger partial charge < -0.3 is 4.74 Å². The first-order chi connectivity index (χ1) is 8.92. The van der Waals surface area contributed by atoms with Gasteiger partial charge in [-0.15, -0.1) is 0 Å². The molecule has 0 bridgehead atoms. The molecule has 0 amide bonds. The maximum absolute atomic E-state index is 13.4. The highest BCUT2D eigenvalue weighted by Crippen LogP contribution is 2.18. The molecule has 0 spiro atoms. The van der Waals surface area contributed by atoms with Crippen molar-refractivity contribution in [1.82, 2.24) is 0 Å². The van der Waals surface area contributed by atoms with E-state index in [1.807, 2.05) is 6.07 Å². The average Bonchev–Trinajstić information content (AvgIpc) is 2.33. The molecule has 0 unspecified atom stereocenters. The molecule has 7 heteroatoms. The van der Waals surface area contributed by atoms with E-state index < -0.39 is 14.9 Å². The van der Waals surface area contributed by atoms with Gasteiger partial charge in [0, 0.05) is 10.7 Å². The van der Waals surface area contributed by atoms with Crippen molar-refractivity contribution in [2.45, 2.75) is 19.3 Å². The van der Waals surface area contributed by atoms with Crippen molar-refractivity contribution in [3.8, 4) is 11.8 Å². The summed E-state index contributed by atoms with van der Waals surface area (Å²) in [7, 11) is 1.62. The number of rotatable bonds is 7. The highest BCUT2D eigenvalue weighted by molar-refractivity contribution is 8.13. The number of nitrogens with zero attached hydrogens (tertiary/aromatic N) is 1. The summed E-state index contributed by atoms with van der Waals surface area (Å²) in [4.78, 5) is 0. The normalized spacial score (nSPS) is 11.0. The summed E-state index contributed by atoms with van der Waals surface area (Å²) >= 11 is 0. The van der Waals surface area contributed by atoms with Gasteiger partial charge in [0.2, 0.25) is 9.05 Å². The minimum absolute atomic E-state index is 0.0697. The SMILES string of the molecule is N#Cc1ccc(OCCCCCS(=O)(=O)Cl)c(F)c1. The highest BCUT2D eigenvalue weighted by atomic mass is 35.7. The van der Waals surface area contributed by atoms with E-state index in [2.05, 4.69) is 0 Å². The van der Waals surface area contributed by atoms with Gasteiger partial charge in [-0.3, -0.25) is 0 Å². The van der Waals surface area contributed by atoms with Crippen LogP contribution in [0.5, 0.6) is 5.75 Å². The third kappa shape index (κ3) is 6.41. The molecular weight excluding hydrogens is 293 g/mol. The average molecular weight is 306 g/mol. The maximum Gasteiger partial charge on any atom is 0.232 e. The molecule has 0 radical (unpaired) electrons. The van der Waals surface area contributed by atoms with Crippen molar-refractivity contribution in [1.29, 1.82) is 5.26 Å². The highest BCUT2D eigenvalue weighted by Gasteiger charge is 2.06. The molecule has 0 aliphatic heterocycles. The van der Waals surface area contributed by atoms with Crippen LogP contribution >= 0.6 is 10.7 Å². The molecule has 0 fully saturated rings. The summed E-state index contributed by atoms with van der Waals surface area (Å²) in [5.74, 6) is -0.564. The molecule has 0 saturated heterocycles. The van der Waals surface area contributed by atoms with Crippen LogP contribution in [-0.4, -0.2) is 20.8 Å². The zero-order chi connectivity index (χ0) is 14.3. The Kier molecular flexibility index (Phi) is 6.06. The Hall–Kier alpha value is -1.32. The molecule has 4 nitrogen and oxygen atoms in total. The number of halogens is 2. The standard InChI is InChI=1S/C12H13ClFNO3S/c13-19(16,17)7-3-1-2-6-18-12-5-4-10(9-15)8-11(12)14/h4-5,8H,1-3,6-7H2. The van der Waals surface area contributed by atoms with E-state index in [-0.39, 0.29) is 23.7 Å². The van der Waals surface area contributed by atoms with Crippen LogP contribution in [0.1, 0.15) is 24.8 Å². The lowest BCUT2D eigenvalue weighted by Gasteiger charge is -2.06. The molecule has 0 aliphatic rings. The molecule has 0 N–H and O–H groups in total. The van der Waals surface area contributed by atoms with Crippen LogP contribution in [0, 0.1) is 17.1 Å². The van der Waals surface area contributed by atoms with Crippen molar-refractivity contribution in [3.63, 3.8) is 0 Å². The minimum Gasteiger partial charge on any atom is -0.491 e.